The van der Waals surface area contributed by atoms with Crippen molar-refractivity contribution in [3.05, 3.63) is 47.8 Å². The van der Waals surface area contributed by atoms with E-state index in [1.54, 1.807) is 12.1 Å². The van der Waals surface area contributed by atoms with Gasteiger partial charge in [0.2, 0.25) is 0 Å². The molecule has 29 heavy (non-hydrogen) atoms. The van der Waals surface area contributed by atoms with Gasteiger partial charge in [-0.2, -0.15) is 0 Å². The summed E-state index contributed by atoms with van der Waals surface area (Å²) in [4.78, 5) is 21.4. The lowest BCUT2D eigenvalue weighted by molar-refractivity contribution is -0.0163. The minimum absolute atomic E-state index is 0.0116. The van der Waals surface area contributed by atoms with Gasteiger partial charge in [0.1, 0.15) is 6.10 Å². The SMILES string of the molecule is CCCCCc1cnc(-c2ccc(C(=O)O[C@H]3CC[C@H](OCC)CC3)cc2)nc1. The topological polar surface area (TPSA) is 61.3 Å². The first-order valence-corrected chi connectivity index (χ1v) is 10.9. The molecule has 1 aromatic heterocycles. The number of nitrogens with zero attached hydrogens (tertiary/aromatic N) is 2. The number of rotatable bonds is 9. The van der Waals surface area contributed by atoms with Gasteiger partial charge in [-0.1, -0.05) is 31.9 Å². The van der Waals surface area contributed by atoms with Crippen molar-refractivity contribution < 1.29 is 14.3 Å². The molecule has 156 valence electrons. The molecular weight excluding hydrogens is 364 g/mol. The molecule has 1 heterocycles. The summed E-state index contributed by atoms with van der Waals surface area (Å²) in [7, 11) is 0. The maximum absolute atomic E-state index is 12.5. The van der Waals surface area contributed by atoms with E-state index < -0.39 is 0 Å². The van der Waals surface area contributed by atoms with Gasteiger partial charge in [0, 0.05) is 24.6 Å². The van der Waals surface area contributed by atoms with E-state index in [0.29, 0.717) is 17.5 Å². The Hall–Kier alpha value is -2.27. The number of unbranched alkanes of at least 4 members (excludes halogenated alkanes) is 2. The molecule has 3 rings (SSSR count). The van der Waals surface area contributed by atoms with Crippen LogP contribution in [0.1, 0.15) is 74.7 Å². The van der Waals surface area contributed by atoms with E-state index >= 15 is 0 Å². The predicted molar refractivity (Wildman–Crippen MR) is 114 cm³/mol. The Bertz CT molecular complexity index is 751. The molecule has 0 saturated heterocycles. The summed E-state index contributed by atoms with van der Waals surface area (Å²) in [5, 5.41) is 0. The second-order valence-electron chi connectivity index (χ2n) is 7.71. The van der Waals surface area contributed by atoms with Crippen LogP contribution in [0, 0.1) is 0 Å². The molecule has 0 N–H and O–H groups in total. The first-order valence-electron chi connectivity index (χ1n) is 10.9. The highest BCUT2D eigenvalue weighted by molar-refractivity contribution is 5.90. The largest absolute Gasteiger partial charge is 0.459 e. The van der Waals surface area contributed by atoms with Crippen LogP contribution in [0.25, 0.3) is 11.4 Å². The molecule has 1 aliphatic rings. The summed E-state index contributed by atoms with van der Waals surface area (Å²) >= 11 is 0. The maximum Gasteiger partial charge on any atom is 0.338 e. The van der Waals surface area contributed by atoms with E-state index in [4.69, 9.17) is 9.47 Å². The third kappa shape index (κ3) is 6.36. The fraction of sp³-hybridized carbons (Fsp3) is 0.542. The minimum Gasteiger partial charge on any atom is -0.459 e. The van der Waals surface area contributed by atoms with Crippen molar-refractivity contribution in [3.63, 3.8) is 0 Å². The van der Waals surface area contributed by atoms with Crippen LogP contribution in [0.15, 0.2) is 36.7 Å². The van der Waals surface area contributed by atoms with Crippen molar-refractivity contribution in [2.75, 3.05) is 6.61 Å². The normalized spacial score (nSPS) is 19.1. The molecule has 5 heteroatoms. The lowest BCUT2D eigenvalue weighted by Gasteiger charge is -2.28. The summed E-state index contributed by atoms with van der Waals surface area (Å²) in [5.74, 6) is 0.419. The van der Waals surface area contributed by atoms with Gasteiger partial charge < -0.3 is 9.47 Å². The summed E-state index contributed by atoms with van der Waals surface area (Å²) in [6, 6.07) is 7.35. The Morgan fingerprint density at radius 3 is 2.24 bits per heavy atom. The average Bonchev–Trinajstić information content (AvgIpc) is 2.76. The second-order valence-corrected chi connectivity index (χ2v) is 7.71. The van der Waals surface area contributed by atoms with Gasteiger partial charge in [0.25, 0.3) is 0 Å². The lowest BCUT2D eigenvalue weighted by atomic mass is 9.95. The number of carbonyl (C=O) groups is 1. The number of benzene rings is 1. The van der Waals surface area contributed by atoms with Crippen molar-refractivity contribution in [1.29, 1.82) is 0 Å². The van der Waals surface area contributed by atoms with Gasteiger partial charge >= 0.3 is 5.97 Å². The highest BCUT2D eigenvalue weighted by Gasteiger charge is 2.24. The molecule has 0 bridgehead atoms. The number of carbonyl (C=O) groups excluding carboxylic acids is 1. The molecule has 1 aliphatic carbocycles. The zero-order chi connectivity index (χ0) is 20.5. The molecular formula is C24H32N2O3. The van der Waals surface area contributed by atoms with Crippen LogP contribution < -0.4 is 0 Å². The van der Waals surface area contributed by atoms with Gasteiger partial charge in [-0.25, -0.2) is 14.8 Å². The third-order valence-electron chi connectivity index (χ3n) is 5.45. The Morgan fingerprint density at radius 1 is 0.966 bits per heavy atom. The molecule has 1 fully saturated rings. The number of hydrogen-bond donors (Lipinski definition) is 0. The molecule has 0 spiro atoms. The minimum atomic E-state index is -0.261. The first-order chi connectivity index (χ1) is 14.2. The van der Waals surface area contributed by atoms with Crippen molar-refractivity contribution in [3.8, 4) is 11.4 Å². The van der Waals surface area contributed by atoms with Gasteiger partial charge in [0.15, 0.2) is 5.82 Å². The second kappa shape index (κ2) is 11.1. The van der Waals surface area contributed by atoms with E-state index in [1.165, 1.54) is 24.8 Å². The summed E-state index contributed by atoms with van der Waals surface area (Å²) in [5.41, 5.74) is 2.64. The Balaban J connectivity index is 1.52. The molecule has 1 aromatic carbocycles. The van der Waals surface area contributed by atoms with Crippen LogP contribution >= 0.6 is 0 Å². The van der Waals surface area contributed by atoms with Gasteiger partial charge in [-0.15, -0.1) is 0 Å². The molecule has 0 amide bonds. The maximum atomic E-state index is 12.5. The van der Waals surface area contributed by atoms with Crippen LogP contribution in [0.5, 0.6) is 0 Å². The zero-order valence-electron chi connectivity index (χ0n) is 17.6. The first kappa shape index (κ1) is 21.4. The third-order valence-corrected chi connectivity index (χ3v) is 5.45. The van der Waals surface area contributed by atoms with Gasteiger partial charge in [-0.05, 0) is 63.1 Å². The fourth-order valence-corrected chi connectivity index (χ4v) is 3.74. The van der Waals surface area contributed by atoms with Crippen molar-refractivity contribution in [2.45, 2.75) is 77.4 Å². The highest BCUT2D eigenvalue weighted by Crippen LogP contribution is 2.24. The number of aromatic nitrogens is 2. The summed E-state index contributed by atoms with van der Waals surface area (Å²) in [6.45, 7) is 4.96. The average molecular weight is 397 g/mol. The smallest absolute Gasteiger partial charge is 0.338 e. The monoisotopic (exact) mass is 396 g/mol. The van der Waals surface area contributed by atoms with Crippen LogP contribution in [-0.4, -0.2) is 34.8 Å². The quantitative estimate of drug-likeness (QED) is 0.421. The van der Waals surface area contributed by atoms with E-state index in [9.17, 15) is 4.79 Å². The zero-order valence-corrected chi connectivity index (χ0v) is 17.6. The molecule has 2 aromatic rings. The van der Waals surface area contributed by atoms with Gasteiger partial charge in [-0.3, -0.25) is 0 Å². The van der Waals surface area contributed by atoms with E-state index in [0.717, 1.165) is 44.3 Å². The van der Waals surface area contributed by atoms with E-state index in [-0.39, 0.29) is 12.1 Å². The van der Waals surface area contributed by atoms with Crippen LogP contribution in [0.2, 0.25) is 0 Å². The molecule has 5 nitrogen and oxygen atoms in total. The molecule has 0 atom stereocenters. The van der Waals surface area contributed by atoms with Crippen molar-refractivity contribution >= 4 is 5.97 Å². The molecule has 0 unspecified atom stereocenters. The Kier molecular flexibility index (Phi) is 8.17. The number of aryl methyl sites for hydroxylation is 1. The number of esters is 1. The van der Waals surface area contributed by atoms with Crippen molar-refractivity contribution in [2.24, 2.45) is 0 Å². The Morgan fingerprint density at radius 2 is 1.62 bits per heavy atom. The summed E-state index contributed by atoms with van der Waals surface area (Å²) in [6.07, 6.45) is 12.4. The fourth-order valence-electron chi connectivity index (χ4n) is 3.74. The molecule has 0 radical (unpaired) electrons. The van der Waals surface area contributed by atoms with E-state index in [2.05, 4.69) is 16.9 Å². The molecule has 0 aliphatic heterocycles. The van der Waals surface area contributed by atoms with Crippen LogP contribution in [0.3, 0.4) is 0 Å². The van der Waals surface area contributed by atoms with Crippen LogP contribution in [-0.2, 0) is 15.9 Å². The van der Waals surface area contributed by atoms with Crippen LogP contribution in [0.4, 0.5) is 0 Å². The Labute approximate surface area is 173 Å². The highest BCUT2D eigenvalue weighted by atomic mass is 16.5. The predicted octanol–water partition coefficient (Wildman–Crippen LogP) is 5.38. The number of hydrogen-bond acceptors (Lipinski definition) is 5. The summed E-state index contributed by atoms with van der Waals surface area (Å²) < 4.78 is 11.3. The standard InChI is InChI=1S/C24H32N2O3/c1-3-5-6-7-18-16-25-23(26-17-18)19-8-10-20(11-9-19)24(27)29-22-14-12-21(13-15-22)28-4-2/h8-11,16-17,21-22H,3-7,12-15H2,1-2H3/t21-,22-. The van der Waals surface area contributed by atoms with E-state index in [1.807, 2.05) is 31.5 Å². The number of ether oxygens (including phenoxy) is 2. The van der Waals surface area contributed by atoms with Gasteiger partial charge in [0.05, 0.1) is 11.7 Å². The lowest BCUT2D eigenvalue weighted by Crippen LogP contribution is -2.28. The van der Waals surface area contributed by atoms with Crippen molar-refractivity contribution in [1.82, 2.24) is 9.97 Å². The molecule has 1 saturated carbocycles.